The molecule has 0 amide bonds. The number of hydrogen-bond donors (Lipinski definition) is 1. The van der Waals surface area contributed by atoms with Gasteiger partial charge in [0.05, 0.1) is 0 Å². The van der Waals surface area contributed by atoms with Gasteiger partial charge in [-0.25, -0.2) is 0 Å². The van der Waals surface area contributed by atoms with Gasteiger partial charge in [-0.3, -0.25) is 4.79 Å². The third-order valence-electron chi connectivity index (χ3n) is 2.87. The molecule has 0 aliphatic heterocycles. The fourth-order valence-electron chi connectivity index (χ4n) is 1.75. The van der Waals surface area contributed by atoms with Gasteiger partial charge in [0.15, 0.2) is 0 Å². The minimum atomic E-state index is -0.0766. The van der Waals surface area contributed by atoms with Crippen molar-refractivity contribution in [2.45, 2.75) is 19.8 Å². The number of hydrogen-bond acceptors (Lipinski definition) is 1. The molecule has 2 aromatic rings. The summed E-state index contributed by atoms with van der Waals surface area (Å²) in [6, 6.07) is 11.9. The Morgan fingerprint density at radius 1 is 1.00 bits per heavy atom. The maximum absolute atomic E-state index is 11.1. The van der Waals surface area contributed by atoms with E-state index in [2.05, 4.69) is 43.1 Å². The van der Waals surface area contributed by atoms with Crippen LogP contribution in [-0.4, -0.2) is 4.98 Å². The van der Waals surface area contributed by atoms with Crippen LogP contribution in [0.1, 0.15) is 36.5 Å². The molecule has 1 aromatic heterocycles. The average Bonchev–Trinajstić information content (AvgIpc) is 2.37. The molecule has 1 heterocycles. The van der Waals surface area contributed by atoms with Gasteiger partial charge in [-0.15, -0.1) is 0 Å². The monoisotopic (exact) mass is 239 g/mol. The van der Waals surface area contributed by atoms with E-state index in [9.17, 15) is 4.79 Å². The number of aromatic amines is 1. The molecule has 2 rings (SSSR count). The fraction of sp³-hybridized carbons (Fsp3) is 0.188. The van der Waals surface area contributed by atoms with Crippen molar-refractivity contribution < 1.29 is 0 Å². The van der Waals surface area contributed by atoms with Crippen LogP contribution >= 0.6 is 0 Å². The number of benzene rings is 1. The van der Waals surface area contributed by atoms with Crippen LogP contribution in [-0.2, 0) is 0 Å². The van der Waals surface area contributed by atoms with Crippen molar-refractivity contribution in [2.24, 2.45) is 0 Å². The van der Waals surface area contributed by atoms with Gasteiger partial charge in [0.2, 0.25) is 5.56 Å². The Balaban J connectivity index is 2.16. The topological polar surface area (TPSA) is 32.9 Å². The van der Waals surface area contributed by atoms with Gasteiger partial charge in [-0.05, 0) is 28.7 Å². The lowest BCUT2D eigenvalue weighted by atomic mass is 10.0. The number of nitrogens with one attached hydrogen (secondary N) is 1. The lowest BCUT2D eigenvalue weighted by molar-refractivity contribution is 0.866. The second kappa shape index (κ2) is 5.50. The number of pyridine rings is 1. The van der Waals surface area contributed by atoms with Crippen LogP contribution in [0, 0.1) is 0 Å². The van der Waals surface area contributed by atoms with E-state index in [4.69, 9.17) is 0 Å². The van der Waals surface area contributed by atoms with E-state index < -0.39 is 0 Å². The van der Waals surface area contributed by atoms with Crippen LogP contribution in [0.25, 0.3) is 12.2 Å². The first-order valence-corrected chi connectivity index (χ1v) is 6.12. The van der Waals surface area contributed by atoms with Gasteiger partial charge in [0, 0.05) is 12.3 Å². The molecule has 18 heavy (non-hydrogen) atoms. The van der Waals surface area contributed by atoms with Gasteiger partial charge in [-0.1, -0.05) is 50.3 Å². The second-order valence-electron chi connectivity index (χ2n) is 4.64. The second-order valence-corrected chi connectivity index (χ2v) is 4.64. The van der Waals surface area contributed by atoms with Crippen molar-refractivity contribution in [3.8, 4) is 0 Å². The van der Waals surface area contributed by atoms with E-state index in [1.54, 1.807) is 12.3 Å². The summed E-state index contributed by atoms with van der Waals surface area (Å²) in [4.78, 5) is 13.7. The zero-order chi connectivity index (χ0) is 13.0. The molecule has 2 heteroatoms. The molecule has 0 radical (unpaired) electrons. The van der Waals surface area contributed by atoms with Crippen LogP contribution in [0.15, 0.2) is 47.4 Å². The fourth-order valence-corrected chi connectivity index (χ4v) is 1.75. The quantitative estimate of drug-likeness (QED) is 0.871. The molecule has 0 fully saturated rings. The molecular formula is C16H17NO. The highest BCUT2D eigenvalue weighted by Gasteiger charge is 1.97. The van der Waals surface area contributed by atoms with Crippen molar-refractivity contribution in [3.05, 3.63) is 69.6 Å². The van der Waals surface area contributed by atoms with Gasteiger partial charge >= 0.3 is 0 Å². The van der Waals surface area contributed by atoms with Crippen molar-refractivity contribution >= 4 is 12.2 Å². The highest BCUT2D eigenvalue weighted by Crippen LogP contribution is 2.15. The highest BCUT2D eigenvalue weighted by molar-refractivity contribution is 5.69. The highest BCUT2D eigenvalue weighted by atomic mass is 16.1. The van der Waals surface area contributed by atoms with Crippen LogP contribution in [0.5, 0.6) is 0 Å². The van der Waals surface area contributed by atoms with Crippen LogP contribution < -0.4 is 5.56 Å². The van der Waals surface area contributed by atoms with Crippen molar-refractivity contribution in [1.82, 2.24) is 4.98 Å². The van der Waals surface area contributed by atoms with Gasteiger partial charge in [0.25, 0.3) is 0 Å². The van der Waals surface area contributed by atoms with E-state index in [1.807, 2.05) is 18.2 Å². The molecule has 0 unspecified atom stereocenters. The Morgan fingerprint density at radius 3 is 2.28 bits per heavy atom. The van der Waals surface area contributed by atoms with E-state index in [0.29, 0.717) is 5.92 Å². The molecule has 0 aliphatic carbocycles. The first kappa shape index (κ1) is 12.4. The average molecular weight is 239 g/mol. The Labute approximate surface area is 107 Å². The minimum absolute atomic E-state index is 0.0766. The smallest absolute Gasteiger partial charge is 0.248 e. The summed E-state index contributed by atoms with van der Waals surface area (Å²) >= 11 is 0. The van der Waals surface area contributed by atoms with Gasteiger partial charge < -0.3 is 4.98 Å². The van der Waals surface area contributed by atoms with E-state index in [0.717, 1.165) is 11.1 Å². The third-order valence-corrected chi connectivity index (χ3v) is 2.87. The Morgan fingerprint density at radius 2 is 1.67 bits per heavy atom. The lowest BCUT2D eigenvalue weighted by Gasteiger charge is -2.04. The lowest BCUT2D eigenvalue weighted by Crippen LogP contribution is -2.01. The molecule has 0 saturated carbocycles. The van der Waals surface area contributed by atoms with E-state index in [1.165, 1.54) is 5.56 Å². The summed E-state index contributed by atoms with van der Waals surface area (Å²) in [6.07, 6.45) is 5.61. The van der Waals surface area contributed by atoms with Gasteiger partial charge in [0.1, 0.15) is 0 Å². The summed E-state index contributed by atoms with van der Waals surface area (Å²) in [5, 5.41) is 0. The number of rotatable bonds is 3. The summed E-state index contributed by atoms with van der Waals surface area (Å²) in [5.41, 5.74) is 3.31. The number of aromatic nitrogens is 1. The molecule has 0 spiro atoms. The Hall–Kier alpha value is -2.09. The molecule has 0 saturated heterocycles. The number of H-pyrrole nitrogens is 1. The van der Waals surface area contributed by atoms with Crippen LogP contribution in [0.3, 0.4) is 0 Å². The Kier molecular flexibility index (Phi) is 3.78. The predicted octanol–water partition coefficient (Wildman–Crippen LogP) is 3.67. The van der Waals surface area contributed by atoms with E-state index in [-0.39, 0.29) is 5.56 Å². The van der Waals surface area contributed by atoms with Crippen molar-refractivity contribution in [3.63, 3.8) is 0 Å². The molecule has 2 nitrogen and oxygen atoms in total. The summed E-state index contributed by atoms with van der Waals surface area (Å²) in [7, 11) is 0. The SMILES string of the molecule is CC(C)c1ccc(/C=C/c2cc[nH]c(=O)c2)cc1. The van der Waals surface area contributed by atoms with Crippen molar-refractivity contribution in [1.29, 1.82) is 0 Å². The normalized spacial score (nSPS) is 11.3. The molecule has 0 atom stereocenters. The van der Waals surface area contributed by atoms with E-state index >= 15 is 0 Å². The van der Waals surface area contributed by atoms with Crippen LogP contribution in [0.2, 0.25) is 0 Å². The first-order valence-electron chi connectivity index (χ1n) is 6.12. The Bertz CT molecular complexity index is 591. The standard InChI is InChI=1S/C16H17NO/c1-12(2)15-7-5-13(6-8-15)3-4-14-9-10-17-16(18)11-14/h3-12H,1-2H3,(H,17,18)/b4-3+. The molecule has 1 aromatic carbocycles. The largest absolute Gasteiger partial charge is 0.329 e. The maximum atomic E-state index is 11.1. The molecule has 1 N–H and O–H groups in total. The summed E-state index contributed by atoms with van der Waals surface area (Å²) in [5.74, 6) is 0.552. The molecule has 0 aliphatic rings. The zero-order valence-corrected chi connectivity index (χ0v) is 10.7. The minimum Gasteiger partial charge on any atom is -0.329 e. The maximum Gasteiger partial charge on any atom is 0.248 e. The summed E-state index contributed by atoms with van der Waals surface area (Å²) in [6.45, 7) is 4.36. The van der Waals surface area contributed by atoms with Crippen LogP contribution in [0.4, 0.5) is 0 Å². The summed E-state index contributed by atoms with van der Waals surface area (Å²) < 4.78 is 0. The predicted molar refractivity (Wildman–Crippen MR) is 76.5 cm³/mol. The molecule has 92 valence electrons. The molecular weight excluding hydrogens is 222 g/mol. The van der Waals surface area contributed by atoms with Crippen molar-refractivity contribution in [2.75, 3.05) is 0 Å². The molecule has 0 bridgehead atoms. The third kappa shape index (κ3) is 3.20. The first-order chi connectivity index (χ1) is 8.65. The zero-order valence-electron chi connectivity index (χ0n) is 10.7. The van der Waals surface area contributed by atoms with Gasteiger partial charge in [-0.2, -0.15) is 0 Å².